The summed E-state index contributed by atoms with van der Waals surface area (Å²) < 4.78 is 16.5. The lowest BCUT2D eigenvalue weighted by Crippen LogP contribution is -2.11. The number of benzene rings is 1. The summed E-state index contributed by atoms with van der Waals surface area (Å²) >= 11 is 6.09. The SMILES string of the molecule is Cc1cnc2n1-c1c(F)cc(Cl)cc1C(c1ccccn1)=NC2. The Hall–Kier alpha value is -2.53. The summed E-state index contributed by atoms with van der Waals surface area (Å²) in [6, 6.07) is 8.59. The molecule has 0 atom stereocenters. The van der Waals surface area contributed by atoms with E-state index >= 15 is 0 Å². The van der Waals surface area contributed by atoms with Crippen LogP contribution in [0.4, 0.5) is 4.39 Å². The van der Waals surface area contributed by atoms with Crippen LogP contribution >= 0.6 is 11.6 Å². The first kappa shape index (κ1) is 14.1. The zero-order chi connectivity index (χ0) is 16.0. The van der Waals surface area contributed by atoms with Gasteiger partial charge < -0.3 is 0 Å². The number of aryl methyl sites for hydroxylation is 1. The summed E-state index contributed by atoms with van der Waals surface area (Å²) in [5.41, 5.74) is 3.18. The molecule has 0 saturated carbocycles. The van der Waals surface area contributed by atoms with E-state index in [0.717, 1.165) is 5.69 Å². The van der Waals surface area contributed by atoms with E-state index in [2.05, 4.69) is 15.0 Å². The van der Waals surface area contributed by atoms with Gasteiger partial charge in [0.15, 0.2) is 0 Å². The Kier molecular flexibility index (Phi) is 3.23. The van der Waals surface area contributed by atoms with Gasteiger partial charge >= 0.3 is 0 Å². The van der Waals surface area contributed by atoms with Crippen LogP contribution in [-0.2, 0) is 6.54 Å². The smallest absolute Gasteiger partial charge is 0.149 e. The quantitative estimate of drug-likeness (QED) is 0.684. The van der Waals surface area contributed by atoms with Crippen LogP contribution in [0.5, 0.6) is 0 Å². The molecule has 2 aromatic heterocycles. The third-order valence-electron chi connectivity index (χ3n) is 3.80. The van der Waals surface area contributed by atoms with Crippen LogP contribution in [-0.4, -0.2) is 20.2 Å². The fourth-order valence-electron chi connectivity index (χ4n) is 2.83. The molecule has 3 aromatic rings. The second kappa shape index (κ2) is 5.28. The topological polar surface area (TPSA) is 43.1 Å². The van der Waals surface area contributed by atoms with Crippen LogP contribution in [0.15, 0.2) is 47.7 Å². The van der Waals surface area contributed by atoms with E-state index in [1.165, 1.54) is 6.07 Å². The fraction of sp³-hybridized carbons (Fsp3) is 0.118. The molecule has 23 heavy (non-hydrogen) atoms. The van der Waals surface area contributed by atoms with Gasteiger partial charge in [0.25, 0.3) is 0 Å². The van der Waals surface area contributed by atoms with E-state index in [4.69, 9.17) is 11.6 Å². The average Bonchev–Trinajstić information content (AvgIpc) is 2.80. The molecule has 0 N–H and O–H groups in total. The summed E-state index contributed by atoms with van der Waals surface area (Å²) in [5.74, 6) is 0.288. The number of hydrogen-bond donors (Lipinski definition) is 0. The number of halogens is 2. The molecule has 114 valence electrons. The lowest BCUT2D eigenvalue weighted by molar-refractivity contribution is 0.614. The Bertz CT molecular complexity index is 931. The maximum Gasteiger partial charge on any atom is 0.149 e. The van der Waals surface area contributed by atoms with Crippen molar-refractivity contribution in [2.24, 2.45) is 4.99 Å². The third-order valence-corrected chi connectivity index (χ3v) is 4.02. The van der Waals surface area contributed by atoms with Crippen LogP contribution in [0.2, 0.25) is 5.02 Å². The van der Waals surface area contributed by atoms with Gasteiger partial charge in [-0.25, -0.2) is 9.37 Å². The average molecular weight is 327 g/mol. The predicted octanol–water partition coefficient (Wildman–Crippen LogP) is 3.72. The molecule has 3 heterocycles. The summed E-state index contributed by atoms with van der Waals surface area (Å²) in [4.78, 5) is 13.3. The number of nitrogens with zero attached hydrogens (tertiary/aromatic N) is 4. The normalized spacial score (nSPS) is 13.1. The van der Waals surface area contributed by atoms with Crippen molar-refractivity contribution >= 4 is 17.3 Å². The van der Waals surface area contributed by atoms with Gasteiger partial charge in [0.05, 0.1) is 23.6 Å². The summed E-state index contributed by atoms with van der Waals surface area (Å²) in [5, 5.41) is 0.325. The molecule has 0 unspecified atom stereocenters. The molecule has 0 radical (unpaired) electrons. The van der Waals surface area contributed by atoms with Crippen molar-refractivity contribution in [2.45, 2.75) is 13.5 Å². The predicted molar refractivity (Wildman–Crippen MR) is 86.8 cm³/mol. The number of hydrogen-bond acceptors (Lipinski definition) is 3. The Labute approximate surface area is 137 Å². The van der Waals surface area contributed by atoms with Gasteiger partial charge in [-0.1, -0.05) is 17.7 Å². The van der Waals surface area contributed by atoms with E-state index in [-0.39, 0.29) is 0 Å². The van der Waals surface area contributed by atoms with Crippen molar-refractivity contribution in [3.05, 3.63) is 76.3 Å². The van der Waals surface area contributed by atoms with E-state index in [1.807, 2.05) is 25.1 Å². The highest BCUT2D eigenvalue weighted by molar-refractivity contribution is 6.31. The minimum atomic E-state index is -0.402. The van der Waals surface area contributed by atoms with Gasteiger partial charge in [0, 0.05) is 28.7 Å². The zero-order valence-electron chi connectivity index (χ0n) is 12.3. The summed E-state index contributed by atoms with van der Waals surface area (Å²) in [7, 11) is 0. The first-order chi connectivity index (χ1) is 11.1. The Morgan fingerprint density at radius 2 is 2.09 bits per heavy atom. The number of aliphatic imine (C=N–C) groups is 1. The van der Waals surface area contributed by atoms with Crippen molar-refractivity contribution in [3.8, 4) is 5.69 Å². The highest BCUT2D eigenvalue weighted by Gasteiger charge is 2.24. The minimum absolute atomic E-state index is 0.325. The minimum Gasteiger partial charge on any atom is -0.296 e. The van der Waals surface area contributed by atoms with Crippen molar-refractivity contribution in [1.29, 1.82) is 0 Å². The first-order valence-corrected chi connectivity index (χ1v) is 7.52. The van der Waals surface area contributed by atoms with E-state index in [9.17, 15) is 4.39 Å². The molecular formula is C17H12ClFN4. The Morgan fingerprint density at radius 1 is 1.22 bits per heavy atom. The van der Waals surface area contributed by atoms with Crippen LogP contribution in [0.1, 0.15) is 22.8 Å². The number of fused-ring (bicyclic) bond motifs is 3. The molecule has 1 aliphatic rings. The molecule has 0 saturated heterocycles. The standard InChI is InChI=1S/C17H12ClFN4/c1-10-8-21-15-9-22-16(14-4-2-3-5-20-14)12-6-11(18)7-13(19)17(12)23(10)15/h2-8H,9H2,1H3. The van der Waals surface area contributed by atoms with Crippen molar-refractivity contribution in [3.63, 3.8) is 0 Å². The molecule has 0 spiro atoms. The van der Waals surface area contributed by atoms with Gasteiger partial charge in [-0.05, 0) is 31.2 Å². The largest absolute Gasteiger partial charge is 0.296 e. The molecule has 4 nitrogen and oxygen atoms in total. The Morgan fingerprint density at radius 3 is 2.87 bits per heavy atom. The maximum absolute atomic E-state index is 14.7. The van der Waals surface area contributed by atoms with Gasteiger partial charge in [-0.3, -0.25) is 14.5 Å². The molecule has 1 aliphatic heterocycles. The van der Waals surface area contributed by atoms with Crippen molar-refractivity contribution < 1.29 is 4.39 Å². The molecule has 0 aliphatic carbocycles. The lowest BCUT2D eigenvalue weighted by Gasteiger charge is -2.14. The molecule has 0 bridgehead atoms. The summed E-state index contributed by atoms with van der Waals surface area (Å²) in [6.07, 6.45) is 3.40. The van der Waals surface area contributed by atoms with Crippen molar-refractivity contribution in [1.82, 2.24) is 14.5 Å². The molecule has 6 heteroatoms. The van der Waals surface area contributed by atoms with Crippen molar-refractivity contribution in [2.75, 3.05) is 0 Å². The third kappa shape index (κ3) is 2.24. The molecule has 1 aromatic carbocycles. The molecule has 0 fully saturated rings. The number of rotatable bonds is 1. The van der Waals surface area contributed by atoms with E-state index in [1.54, 1.807) is 23.0 Å². The zero-order valence-corrected chi connectivity index (χ0v) is 13.0. The van der Waals surface area contributed by atoms with Crippen LogP contribution in [0, 0.1) is 12.7 Å². The number of aromatic nitrogens is 3. The second-order valence-corrected chi connectivity index (χ2v) is 5.75. The first-order valence-electron chi connectivity index (χ1n) is 7.14. The highest BCUT2D eigenvalue weighted by Crippen LogP contribution is 2.30. The van der Waals surface area contributed by atoms with Gasteiger partial charge in [-0.2, -0.15) is 0 Å². The highest BCUT2D eigenvalue weighted by atomic mass is 35.5. The van der Waals surface area contributed by atoms with Crippen LogP contribution in [0.3, 0.4) is 0 Å². The second-order valence-electron chi connectivity index (χ2n) is 5.31. The Balaban J connectivity index is 2.06. The molecular weight excluding hydrogens is 315 g/mol. The maximum atomic E-state index is 14.7. The lowest BCUT2D eigenvalue weighted by atomic mass is 10.0. The number of imidazole rings is 1. The van der Waals surface area contributed by atoms with E-state index < -0.39 is 5.82 Å². The fourth-order valence-corrected chi connectivity index (χ4v) is 3.04. The summed E-state index contributed by atoms with van der Waals surface area (Å²) in [6.45, 7) is 2.24. The van der Waals surface area contributed by atoms with Gasteiger partial charge in [0.1, 0.15) is 11.6 Å². The van der Waals surface area contributed by atoms with E-state index in [0.29, 0.717) is 40.0 Å². The number of pyridine rings is 1. The van der Waals surface area contributed by atoms with Crippen LogP contribution in [0.25, 0.3) is 5.69 Å². The molecule has 0 amide bonds. The van der Waals surface area contributed by atoms with Gasteiger partial charge in [-0.15, -0.1) is 0 Å². The monoisotopic (exact) mass is 326 g/mol. The van der Waals surface area contributed by atoms with Gasteiger partial charge in [0.2, 0.25) is 0 Å². The molecule has 4 rings (SSSR count). The van der Waals surface area contributed by atoms with Crippen LogP contribution < -0.4 is 0 Å².